The Morgan fingerprint density at radius 1 is 1.17 bits per heavy atom. The van der Waals surface area contributed by atoms with Crippen molar-refractivity contribution in [1.82, 2.24) is 9.55 Å². The predicted octanol–water partition coefficient (Wildman–Crippen LogP) is 1.48. The highest BCUT2D eigenvalue weighted by molar-refractivity contribution is 5.90. The monoisotopic (exact) mass is 326 g/mol. The number of aromatic nitrogens is 3. The lowest BCUT2D eigenvalue weighted by Crippen LogP contribution is -2.34. The van der Waals surface area contributed by atoms with Crippen molar-refractivity contribution in [3.8, 4) is 22.6 Å². The molecular weight excluding hydrogens is 310 g/mol. The molecule has 7 heteroatoms. The van der Waals surface area contributed by atoms with Gasteiger partial charge in [0.15, 0.2) is 11.5 Å². The second kappa shape index (κ2) is 5.23. The van der Waals surface area contributed by atoms with Crippen LogP contribution in [0.2, 0.25) is 0 Å². The van der Waals surface area contributed by atoms with E-state index in [1.54, 1.807) is 6.20 Å². The lowest BCUT2D eigenvalue weighted by atomic mass is 10.0. The summed E-state index contributed by atoms with van der Waals surface area (Å²) in [5, 5.41) is 0.435. The molecule has 3 heterocycles. The number of benzene rings is 1. The smallest absolute Gasteiger partial charge is 0.416 e. The van der Waals surface area contributed by atoms with E-state index in [1.165, 1.54) is 4.57 Å². The summed E-state index contributed by atoms with van der Waals surface area (Å²) in [6.45, 7) is 3.97. The van der Waals surface area contributed by atoms with Crippen LogP contribution >= 0.6 is 0 Å². The van der Waals surface area contributed by atoms with Gasteiger partial charge in [0, 0.05) is 5.56 Å². The molecule has 0 saturated carbocycles. The average Bonchev–Trinajstić information content (AvgIpc) is 3.01. The van der Waals surface area contributed by atoms with Gasteiger partial charge in [0.2, 0.25) is 6.79 Å². The third-order valence-corrected chi connectivity index (χ3v) is 4.08. The van der Waals surface area contributed by atoms with Crippen molar-refractivity contribution in [3.63, 3.8) is 0 Å². The molecule has 0 amide bonds. The molecule has 2 N–H and O–H groups in total. The first-order valence-electron chi connectivity index (χ1n) is 7.65. The molecule has 7 nitrogen and oxygen atoms in total. The fourth-order valence-electron chi connectivity index (χ4n) is 3.03. The first-order chi connectivity index (χ1) is 11.6. The second-order valence-corrected chi connectivity index (χ2v) is 5.91. The summed E-state index contributed by atoms with van der Waals surface area (Å²) in [6, 6.07) is 7.23. The van der Waals surface area contributed by atoms with Crippen LogP contribution < -0.4 is 25.7 Å². The summed E-state index contributed by atoms with van der Waals surface area (Å²) in [5.74, 6) is 1.32. The quantitative estimate of drug-likeness (QED) is 0.773. The van der Waals surface area contributed by atoms with Crippen molar-refractivity contribution in [1.29, 1.82) is 0 Å². The number of ether oxygens (including phenoxy) is 2. The summed E-state index contributed by atoms with van der Waals surface area (Å²) in [7, 11) is 0. The Balaban J connectivity index is 2.05. The lowest BCUT2D eigenvalue weighted by molar-refractivity contribution is -0.350. The molecule has 2 aromatic heterocycles. The number of nitrogens with zero attached hydrogens (tertiary/aromatic N) is 1. The Bertz CT molecular complexity index is 1070. The Kier molecular flexibility index (Phi) is 3.16. The average molecular weight is 326 g/mol. The Morgan fingerprint density at radius 3 is 2.75 bits per heavy atom. The van der Waals surface area contributed by atoms with E-state index >= 15 is 0 Å². The molecule has 122 valence electrons. The molecule has 1 aromatic carbocycles. The molecular formula is C17H16N3O4+. The van der Waals surface area contributed by atoms with E-state index in [9.17, 15) is 9.59 Å². The van der Waals surface area contributed by atoms with Crippen molar-refractivity contribution < 1.29 is 14.5 Å². The number of fused-ring (bicyclic) bond motifs is 2. The highest BCUT2D eigenvalue weighted by Gasteiger charge is 2.22. The van der Waals surface area contributed by atoms with Crippen LogP contribution in [0.15, 0.2) is 40.1 Å². The highest BCUT2D eigenvalue weighted by atomic mass is 16.7. The van der Waals surface area contributed by atoms with E-state index < -0.39 is 11.2 Å². The molecule has 0 fully saturated rings. The zero-order chi connectivity index (χ0) is 16.8. The van der Waals surface area contributed by atoms with Gasteiger partial charge < -0.3 is 9.47 Å². The summed E-state index contributed by atoms with van der Waals surface area (Å²) in [5.41, 5.74) is 1.18. The molecule has 0 spiro atoms. The maximum Gasteiger partial charge on any atom is 0.416 e. The van der Waals surface area contributed by atoms with Gasteiger partial charge in [-0.2, -0.15) is 4.57 Å². The maximum atomic E-state index is 12.5. The number of pyridine rings is 1. The van der Waals surface area contributed by atoms with Gasteiger partial charge in [-0.05, 0) is 37.6 Å². The van der Waals surface area contributed by atoms with E-state index in [0.29, 0.717) is 22.5 Å². The van der Waals surface area contributed by atoms with Gasteiger partial charge in [0.05, 0.1) is 6.20 Å². The van der Waals surface area contributed by atoms with E-state index in [2.05, 4.69) is 9.97 Å². The molecule has 0 radical (unpaired) electrons. The molecule has 24 heavy (non-hydrogen) atoms. The topological polar surface area (TPSA) is 87.5 Å². The zero-order valence-corrected chi connectivity index (χ0v) is 13.3. The number of H-pyrrole nitrogens is 2. The van der Waals surface area contributed by atoms with Crippen LogP contribution in [0.3, 0.4) is 0 Å². The van der Waals surface area contributed by atoms with E-state index in [0.717, 1.165) is 11.1 Å². The van der Waals surface area contributed by atoms with Gasteiger partial charge in [0.1, 0.15) is 11.4 Å². The van der Waals surface area contributed by atoms with Crippen LogP contribution in [-0.4, -0.2) is 16.3 Å². The van der Waals surface area contributed by atoms with Crippen LogP contribution in [0.4, 0.5) is 0 Å². The minimum absolute atomic E-state index is 0.0971. The van der Waals surface area contributed by atoms with E-state index in [4.69, 9.17) is 9.47 Å². The standard InChI is InChI=1S/C17H15N3O4/c1-9(2)20-15-14(16(21)19-17(20)22)11(5-6-18-15)10-3-4-12-13(7-10)24-8-23-12/h3-7,9H,8H2,1-2H3,(H,19,21,22)/p+1. The summed E-state index contributed by atoms with van der Waals surface area (Å²) in [6.07, 6.45) is 1.72. The zero-order valence-electron chi connectivity index (χ0n) is 13.3. The molecule has 1 aliphatic heterocycles. The van der Waals surface area contributed by atoms with Gasteiger partial charge in [-0.25, -0.2) is 9.78 Å². The summed E-state index contributed by atoms with van der Waals surface area (Å²) >= 11 is 0. The van der Waals surface area contributed by atoms with Crippen LogP contribution in [-0.2, 0) is 0 Å². The molecule has 0 atom stereocenters. The number of hydrogen-bond acceptors (Lipinski definition) is 4. The summed E-state index contributed by atoms with van der Waals surface area (Å²) < 4.78 is 12.3. The fraction of sp³-hybridized carbons (Fsp3) is 0.235. The first kappa shape index (κ1) is 14.5. The van der Waals surface area contributed by atoms with Gasteiger partial charge >= 0.3 is 5.69 Å². The number of rotatable bonds is 2. The molecule has 0 unspecified atom stereocenters. The molecule has 4 rings (SSSR count). The molecule has 1 aliphatic rings. The minimum atomic E-state index is -0.429. The van der Waals surface area contributed by atoms with Crippen molar-refractivity contribution in [2.75, 3.05) is 6.79 Å². The molecule has 0 aliphatic carbocycles. The maximum absolute atomic E-state index is 12.5. The van der Waals surface area contributed by atoms with Gasteiger partial charge in [-0.1, -0.05) is 6.07 Å². The van der Waals surface area contributed by atoms with Gasteiger partial charge in [-0.15, -0.1) is 0 Å². The molecule has 3 aromatic rings. The molecule has 0 bridgehead atoms. The third kappa shape index (κ3) is 2.09. The van der Waals surface area contributed by atoms with Crippen molar-refractivity contribution >= 4 is 11.0 Å². The third-order valence-electron chi connectivity index (χ3n) is 4.08. The number of nitrogens with one attached hydrogen (secondary N) is 2. The van der Waals surface area contributed by atoms with Crippen molar-refractivity contribution in [2.45, 2.75) is 19.9 Å². The van der Waals surface area contributed by atoms with Gasteiger partial charge in [-0.3, -0.25) is 9.78 Å². The van der Waals surface area contributed by atoms with Crippen LogP contribution in [0, 0.1) is 0 Å². The van der Waals surface area contributed by atoms with E-state index in [1.807, 2.05) is 38.1 Å². The van der Waals surface area contributed by atoms with Crippen LogP contribution in [0.1, 0.15) is 19.9 Å². The first-order valence-corrected chi connectivity index (χ1v) is 7.65. The van der Waals surface area contributed by atoms with E-state index in [-0.39, 0.29) is 12.8 Å². The number of hydrogen-bond donors (Lipinski definition) is 1. The largest absolute Gasteiger partial charge is 0.454 e. The number of aromatic amines is 2. The fourth-order valence-corrected chi connectivity index (χ4v) is 3.03. The molecule has 0 saturated heterocycles. The Morgan fingerprint density at radius 2 is 1.96 bits per heavy atom. The van der Waals surface area contributed by atoms with Crippen LogP contribution in [0.25, 0.3) is 22.2 Å². The summed E-state index contributed by atoms with van der Waals surface area (Å²) in [4.78, 5) is 30.0. The van der Waals surface area contributed by atoms with Gasteiger partial charge in [0.25, 0.3) is 11.2 Å². The van der Waals surface area contributed by atoms with Crippen molar-refractivity contribution in [3.05, 3.63) is 51.3 Å². The normalized spacial score (nSPS) is 13.0. The minimum Gasteiger partial charge on any atom is -0.454 e. The SMILES string of the molecule is CC(C)n1c(=O)[nH]c(=O)c2c(-c3ccc4c(c3)OCO4)cc[nH+]c21. The highest BCUT2D eigenvalue weighted by Crippen LogP contribution is 2.36. The predicted molar refractivity (Wildman–Crippen MR) is 87.3 cm³/mol. The van der Waals surface area contributed by atoms with Crippen LogP contribution in [0.5, 0.6) is 11.5 Å². The lowest BCUT2D eigenvalue weighted by Gasteiger charge is -2.08. The van der Waals surface area contributed by atoms with Crippen molar-refractivity contribution in [2.24, 2.45) is 0 Å². The second-order valence-electron chi connectivity index (χ2n) is 5.91. The Hall–Kier alpha value is -3.09. The Labute approximate surface area is 136 Å².